The zero-order valence-electron chi connectivity index (χ0n) is 9.19. The maximum Gasteiger partial charge on any atom is 0.308 e. The molecule has 86 valence electrons. The lowest BCUT2D eigenvalue weighted by molar-refractivity contribution is -0.143. The third kappa shape index (κ3) is 2.32. The highest BCUT2D eigenvalue weighted by atomic mass is 16.5. The van der Waals surface area contributed by atoms with Crippen molar-refractivity contribution in [2.75, 3.05) is 33.4 Å². The molecule has 0 amide bonds. The van der Waals surface area contributed by atoms with Gasteiger partial charge in [-0.05, 0) is 31.7 Å². The molecule has 2 atom stereocenters. The van der Waals surface area contributed by atoms with Crippen LogP contribution in [0.5, 0.6) is 0 Å². The van der Waals surface area contributed by atoms with E-state index in [2.05, 4.69) is 4.90 Å². The van der Waals surface area contributed by atoms with Crippen molar-refractivity contribution in [2.45, 2.75) is 12.8 Å². The molecule has 2 aliphatic rings. The van der Waals surface area contributed by atoms with Crippen LogP contribution in [0, 0.1) is 17.8 Å². The van der Waals surface area contributed by atoms with Gasteiger partial charge in [-0.25, -0.2) is 0 Å². The molecule has 1 N–H and O–H groups in total. The predicted octanol–water partition coefficient (Wildman–Crippen LogP) is 0.675. The largest absolute Gasteiger partial charge is 0.481 e. The molecule has 0 bridgehead atoms. The van der Waals surface area contributed by atoms with Gasteiger partial charge >= 0.3 is 5.97 Å². The second-order valence-corrected chi connectivity index (χ2v) is 4.78. The van der Waals surface area contributed by atoms with Crippen molar-refractivity contribution in [3.63, 3.8) is 0 Å². The molecule has 2 heterocycles. The minimum Gasteiger partial charge on any atom is -0.481 e. The normalized spacial score (nSPS) is 34.5. The third-order valence-corrected chi connectivity index (χ3v) is 3.74. The van der Waals surface area contributed by atoms with E-state index in [-0.39, 0.29) is 5.92 Å². The molecule has 2 saturated heterocycles. The Kier molecular flexibility index (Phi) is 3.26. The van der Waals surface area contributed by atoms with Gasteiger partial charge in [0.05, 0.1) is 5.92 Å². The minimum absolute atomic E-state index is 0.168. The summed E-state index contributed by atoms with van der Waals surface area (Å²) < 4.78 is 5.32. The van der Waals surface area contributed by atoms with Gasteiger partial charge in [-0.3, -0.25) is 4.79 Å². The Labute approximate surface area is 90.2 Å². The number of hydrogen-bond donors (Lipinski definition) is 1. The van der Waals surface area contributed by atoms with Gasteiger partial charge in [-0.2, -0.15) is 0 Å². The molecule has 0 unspecified atom stereocenters. The predicted molar refractivity (Wildman–Crippen MR) is 55.7 cm³/mol. The van der Waals surface area contributed by atoms with E-state index < -0.39 is 5.97 Å². The molecule has 4 nitrogen and oxygen atoms in total. The Morgan fingerprint density at radius 1 is 1.33 bits per heavy atom. The highest BCUT2D eigenvalue weighted by Crippen LogP contribution is 2.34. The summed E-state index contributed by atoms with van der Waals surface area (Å²) in [6.07, 6.45) is 2.06. The number of aliphatic carboxylic acids is 1. The van der Waals surface area contributed by atoms with Crippen molar-refractivity contribution < 1.29 is 14.6 Å². The van der Waals surface area contributed by atoms with Gasteiger partial charge in [-0.15, -0.1) is 0 Å². The Morgan fingerprint density at radius 3 is 2.60 bits per heavy atom. The second kappa shape index (κ2) is 4.49. The Balaban J connectivity index is 2.02. The van der Waals surface area contributed by atoms with Crippen LogP contribution in [0.4, 0.5) is 0 Å². The fraction of sp³-hybridized carbons (Fsp3) is 0.909. The molecule has 0 aromatic rings. The molecular weight excluding hydrogens is 194 g/mol. The molecule has 0 saturated carbocycles. The van der Waals surface area contributed by atoms with E-state index in [0.29, 0.717) is 18.4 Å². The maximum absolute atomic E-state index is 11.1. The van der Waals surface area contributed by atoms with Gasteiger partial charge < -0.3 is 14.7 Å². The highest BCUT2D eigenvalue weighted by molar-refractivity contribution is 5.71. The van der Waals surface area contributed by atoms with Gasteiger partial charge in [-0.1, -0.05) is 0 Å². The molecule has 0 radical (unpaired) electrons. The van der Waals surface area contributed by atoms with Crippen LogP contribution < -0.4 is 0 Å². The fourth-order valence-corrected chi connectivity index (χ4v) is 2.92. The lowest BCUT2D eigenvalue weighted by atomic mass is 9.80. The highest BCUT2D eigenvalue weighted by Gasteiger charge is 2.40. The van der Waals surface area contributed by atoms with E-state index >= 15 is 0 Å². The van der Waals surface area contributed by atoms with Crippen LogP contribution >= 0.6 is 0 Å². The number of carbonyl (C=O) groups is 1. The molecule has 4 heteroatoms. The van der Waals surface area contributed by atoms with E-state index in [1.807, 2.05) is 7.05 Å². The molecule has 2 fully saturated rings. The van der Waals surface area contributed by atoms with Crippen LogP contribution in [0.3, 0.4) is 0 Å². The first-order valence-corrected chi connectivity index (χ1v) is 5.67. The van der Waals surface area contributed by atoms with Crippen molar-refractivity contribution in [3.05, 3.63) is 0 Å². The van der Waals surface area contributed by atoms with Crippen molar-refractivity contribution in [1.82, 2.24) is 4.90 Å². The van der Waals surface area contributed by atoms with Crippen molar-refractivity contribution in [3.8, 4) is 0 Å². The summed E-state index contributed by atoms with van der Waals surface area (Å²) in [7, 11) is 2.01. The quantitative estimate of drug-likeness (QED) is 0.732. The van der Waals surface area contributed by atoms with Crippen LogP contribution in [0.25, 0.3) is 0 Å². The first-order chi connectivity index (χ1) is 7.18. The SMILES string of the molecule is CN1C[C@H](C(=O)O)[C@@H](C2CCOCC2)C1. The van der Waals surface area contributed by atoms with Crippen LogP contribution in [0.1, 0.15) is 12.8 Å². The van der Waals surface area contributed by atoms with Crippen LogP contribution in [-0.4, -0.2) is 49.3 Å². The summed E-state index contributed by atoms with van der Waals surface area (Å²) >= 11 is 0. The summed E-state index contributed by atoms with van der Waals surface area (Å²) in [5, 5.41) is 9.17. The number of carboxylic acids is 1. The zero-order chi connectivity index (χ0) is 10.8. The molecule has 0 aromatic carbocycles. The number of ether oxygens (including phenoxy) is 1. The number of rotatable bonds is 2. The standard InChI is InChI=1S/C11H19NO3/c1-12-6-9(10(7-12)11(13)14)8-2-4-15-5-3-8/h8-10H,2-7H2,1H3,(H,13,14)/t9-,10+/m1/s1. The topological polar surface area (TPSA) is 49.8 Å². The van der Waals surface area contributed by atoms with E-state index in [9.17, 15) is 9.90 Å². The third-order valence-electron chi connectivity index (χ3n) is 3.74. The summed E-state index contributed by atoms with van der Waals surface area (Å²) in [6.45, 7) is 3.24. The zero-order valence-corrected chi connectivity index (χ0v) is 9.19. The first-order valence-electron chi connectivity index (χ1n) is 5.67. The first kappa shape index (κ1) is 10.9. The summed E-state index contributed by atoms with van der Waals surface area (Å²) in [5.74, 6) is 0.0788. The molecule has 15 heavy (non-hydrogen) atoms. The average molecular weight is 213 g/mol. The number of nitrogens with zero attached hydrogens (tertiary/aromatic N) is 1. The lowest BCUT2D eigenvalue weighted by Gasteiger charge is -2.29. The molecule has 0 spiro atoms. The lowest BCUT2D eigenvalue weighted by Crippen LogP contribution is -2.31. The number of likely N-dealkylation sites (tertiary alicyclic amines) is 1. The Morgan fingerprint density at radius 2 is 2.00 bits per heavy atom. The van der Waals surface area contributed by atoms with E-state index in [1.165, 1.54) is 0 Å². The van der Waals surface area contributed by atoms with E-state index in [1.54, 1.807) is 0 Å². The van der Waals surface area contributed by atoms with Gasteiger partial charge in [0.15, 0.2) is 0 Å². The monoisotopic (exact) mass is 213 g/mol. The van der Waals surface area contributed by atoms with Crippen LogP contribution in [0.15, 0.2) is 0 Å². The Hall–Kier alpha value is -0.610. The van der Waals surface area contributed by atoms with Crippen molar-refractivity contribution >= 4 is 5.97 Å². The second-order valence-electron chi connectivity index (χ2n) is 4.78. The molecule has 0 aromatic heterocycles. The summed E-state index contributed by atoms with van der Waals surface area (Å²) in [5.41, 5.74) is 0. The van der Waals surface area contributed by atoms with Crippen LogP contribution in [0.2, 0.25) is 0 Å². The van der Waals surface area contributed by atoms with E-state index in [0.717, 1.165) is 32.6 Å². The molecule has 0 aliphatic carbocycles. The molecular formula is C11H19NO3. The van der Waals surface area contributed by atoms with Crippen molar-refractivity contribution in [1.29, 1.82) is 0 Å². The smallest absolute Gasteiger partial charge is 0.308 e. The van der Waals surface area contributed by atoms with Crippen LogP contribution in [-0.2, 0) is 9.53 Å². The average Bonchev–Trinajstić information content (AvgIpc) is 2.62. The molecule has 2 rings (SSSR count). The minimum atomic E-state index is -0.629. The molecule has 2 aliphatic heterocycles. The van der Waals surface area contributed by atoms with Gasteiger partial charge in [0.1, 0.15) is 0 Å². The summed E-state index contributed by atoms with van der Waals surface area (Å²) in [6, 6.07) is 0. The van der Waals surface area contributed by atoms with E-state index in [4.69, 9.17) is 4.74 Å². The van der Waals surface area contributed by atoms with Gasteiger partial charge in [0.2, 0.25) is 0 Å². The van der Waals surface area contributed by atoms with Gasteiger partial charge in [0, 0.05) is 26.3 Å². The maximum atomic E-state index is 11.1. The Bertz CT molecular complexity index is 238. The van der Waals surface area contributed by atoms with Crippen molar-refractivity contribution in [2.24, 2.45) is 17.8 Å². The number of hydrogen-bond acceptors (Lipinski definition) is 3. The number of carboxylic acid groups (broad SMARTS) is 1. The van der Waals surface area contributed by atoms with Gasteiger partial charge in [0.25, 0.3) is 0 Å². The summed E-state index contributed by atoms with van der Waals surface area (Å²) in [4.78, 5) is 13.3. The fourth-order valence-electron chi connectivity index (χ4n) is 2.92.